The zero-order valence-electron chi connectivity index (χ0n) is 18.6. The Kier molecular flexibility index (Phi) is 4.70. The van der Waals surface area contributed by atoms with Crippen LogP contribution in [0.3, 0.4) is 0 Å². The van der Waals surface area contributed by atoms with E-state index in [-0.39, 0.29) is 0 Å². The average Bonchev–Trinajstić information content (AvgIpc) is 3.55. The van der Waals surface area contributed by atoms with Gasteiger partial charge in [0.25, 0.3) is 0 Å². The highest BCUT2D eigenvalue weighted by atomic mass is 16.5. The van der Waals surface area contributed by atoms with Crippen LogP contribution in [0.5, 0.6) is 5.88 Å². The van der Waals surface area contributed by atoms with Crippen LogP contribution >= 0.6 is 0 Å². The Balaban J connectivity index is 1.39. The fourth-order valence-electron chi connectivity index (χ4n) is 4.49. The van der Waals surface area contributed by atoms with Crippen molar-refractivity contribution in [1.82, 2.24) is 29.6 Å². The number of benzene rings is 1. The van der Waals surface area contributed by atoms with Gasteiger partial charge in [0.15, 0.2) is 5.65 Å². The monoisotopic (exact) mass is 445 g/mol. The van der Waals surface area contributed by atoms with Gasteiger partial charge >= 0.3 is 0 Å². The molecule has 9 heteroatoms. The molecule has 9 nitrogen and oxygen atoms in total. The van der Waals surface area contributed by atoms with Crippen LogP contribution in [0.15, 0.2) is 36.7 Å². The van der Waals surface area contributed by atoms with Gasteiger partial charge in [0.1, 0.15) is 23.9 Å². The number of nitrogens with two attached hydrogens (primary N) is 1. The molecule has 0 amide bonds. The smallest absolute Gasteiger partial charge is 0.214 e. The summed E-state index contributed by atoms with van der Waals surface area (Å²) in [6.45, 7) is 2.07. The first-order valence-electron chi connectivity index (χ1n) is 11.4. The molecule has 2 aliphatic rings. The topological polar surface area (TPSA) is 115 Å². The van der Waals surface area contributed by atoms with E-state index in [1.165, 1.54) is 6.33 Å². The van der Waals surface area contributed by atoms with Crippen LogP contribution in [0.25, 0.3) is 33.2 Å². The molecule has 4 heterocycles. The molecular formula is C24H27N7O2. The van der Waals surface area contributed by atoms with E-state index < -0.39 is 5.60 Å². The van der Waals surface area contributed by atoms with Crippen LogP contribution in [0.1, 0.15) is 25.7 Å². The van der Waals surface area contributed by atoms with Crippen molar-refractivity contribution >= 4 is 27.8 Å². The molecule has 1 aliphatic carbocycles. The molecule has 1 saturated heterocycles. The molecule has 33 heavy (non-hydrogen) atoms. The van der Waals surface area contributed by atoms with E-state index in [2.05, 4.69) is 26.9 Å². The summed E-state index contributed by atoms with van der Waals surface area (Å²) in [6, 6.07) is 9.93. The second-order valence-electron chi connectivity index (χ2n) is 9.37. The predicted molar refractivity (Wildman–Crippen MR) is 126 cm³/mol. The van der Waals surface area contributed by atoms with Gasteiger partial charge in [-0.25, -0.2) is 19.6 Å². The molecule has 0 atom stereocenters. The number of anilines is 1. The van der Waals surface area contributed by atoms with E-state index in [0.717, 1.165) is 42.4 Å². The molecule has 1 aliphatic heterocycles. The molecule has 3 N–H and O–H groups in total. The number of aromatic nitrogens is 5. The molecular weight excluding hydrogens is 418 g/mol. The van der Waals surface area contributed by atoms with Crippen molar-refractivity contribution < 1.29 is 9.84 Å². The van der Waals surface area contributed by atoms with Gasteiger partial charge in [-0.2, -0.15) is 5.10 Å². The summed E-state index contributed by atoms with van der Waals surface area (Å²) in [6.07, 6.45) is 5.34. The van der Waals surface area contributed by atoms with Gasteiger partial charge in [-0.05, 0) is 50.9 Å². The molecule has 170 valence electrons. The Morgan fingerprint density at radius 3 is 2.76 bits per heavy atom. The van der Waals surface area contributed by atoms with Crippen molar-refractivity contribution in [2.45, 2.75) is 43.9 Å². The Morgan fingerprint density at radius 2 is 1.97 bits per heavy atom. The summed E-state index contributed by atoms with van der Waals surface area (Å²) >= 11 is 0. The maximum atomic E-state index is 11.2. The molecule has 0 bridgehead atoms. The molecule has 0 radical (unpaired) electrons. The minimum atomic E-state index is -0.826. The number of likely N-dealkylation sites (tertiary alicyclic amines) is 1. The first-order chi connectivity index (χ1) is 16.0. The summed E-state index contributed by atoms with van der Waals surface area (Å²) in [5.41, 5.74) is 8.56. The van der Waals surface area contributed by atoms with E-state index >= 15 is 0 Å². The van der Waals surface area contributed by atoms with Crippen LogP contribution < -0.4 is 10.5 Å². The number of nitrogen functional groups attached to an aromatic ring is 1. The molecule has 2 fully saturated rings. The molecule has 1 saturated carbocycles. The van der Waals surface area contributed by atoms with E-state index in [1.54, 1.807) is 4.68 Å². The first-order valence-corrected chi connectivity index (χ1v) is 11.4. The lowest BCUT2D eigenvalue weighted by Gasteiger charge is -2.36. The summed E-state index contributed by atoms with van der Waals surface area (Å²) in [5.74, 6) is 1.04. The van der Waals surface area contributed by atoms with E-state index in [4.69, 9.17) is 15.6 Å². The van der Waals surface area contributed by atoms with Gasteiger partial charge in [0, 0.05) is 30.1 Å². The number of hydrogen-bond donors (Lipinski definition) is 2. The lowest BCUT2D eigenvalue weighted by Crippen LogP contribution is -2.45. The fourth-order valence-corrected chi connectivity index (χ4v) is 4.49. The number of hydrogen-bond acceptors (Lipinski definition) is 8. The third kappa shape index (κ3) is 3.87. The van der Waals surface area contributed by atoms with Crippen molar-refractivity contribution in [2.75, 3.05) is 25.9 Å². The molecule has 0 spiro atoms. The maximum Gasteiger partial charge on any atom is 0.214 e. The molecule has 0 unspecified atom stereocenters. The van der Waals surface area contributed by atoms with Gasteiger partial charge in [0.2, 0.25) is 5.88 Å². The summed E-state index contributed by atoms with van der Waals surface area (Å²) in [5, 5.41) is 17.8. The molecule has 3 aromatic heterocycles. The van der Waals surface area contributed by atoms with Crippen molar-refractivity contribution in [3.05, 3.63) is 36.7 Å². The second-order valence-corrected chi connectivity index (χ2v) is 9.37. The fraction of sp³-hybridized carbons (Fsp3) is 0.417. The van der Waals surface area contributed by atoms with Crippen LogP contribution in [-0.4, -0.2) is 66.6 Å². The van der Waals surface area contributed by atoms with Crippen LogP contribution in [0.2, 0.25) is 0 Å². The number of ether oxygens (including phenoxy) is 1. The highest BCUT2D eigenvalue weighted by Gasteiger charge is 2.33. The van der Waals surface area contributed by atoms with Crippen molar-refractivity contribution in [1.29, 1.82) is 0 Å². The zero-order chi connectivity index (χ0) is 22.6. The number of rotatable bonds is 5. The largest absolute Gasteiger partial charge is 0.474 e. The predicted octanol–water partition coefficient (Wildman–Crippen LogP) is 2.62. The van der Waals surface area contributed by atoms with E-state index in [9.17, 15) is 5.11 Å². The van der Waals surface area contributed by atoms with E-state index in [0.29, 0.717) is 53.9 Å². The summed E-state index contributed by atoms with van der Waals surface area (Å²) < 4.78 is 7.61. The number of fused-ring (bicyclic) bond motifs is 2. The standard InChI is InChI=1S/C24H27N7O2/c1-30-10-8-24(32,9-11-30)13-31-23-20(22(25)26-14-27-23)21(29-31)16-2-6-18-15(12-16)3-7-19(28-18)33-17-4-5-17/h2-3,6-7,12,14,17,32H,4-5,8-11,13H2,1H3,(H2,25,26,27). The SMILES string of the molecule is CN1CCC(O)(Cn2nc(-c3ccc4nc(OC5CC5)ccc4c3)c3c(N)ncnc32)CC1. The average molecular weight is 446 g/mol. The Morgan fingerprint density at radius 1 is 1.15 bits per heavy atom. The number of pyridine rings is 1. The van der Waals surface area contributed by atoms with Crippen molar-refractivity contribution in [3.63, 3.8) is 0 Å². The Bertz CT molecular complexity index is 1340. The first kappa shape index (κ1) is 20.3. The van der Waals surface area contributed by atoms with Crippen molar-refractivity contribution in [3.8, 4) is 17.1 Å². The van der Waals surface area contributed by atoms with Crippen LogP contribution in [0, 0.1) is 0 Å². The van der Waals surface area contributed by atoms with Gasteiger partial charge in [-0.1, -0.05) is 6.07 Å². The van der Waals surface area contributed by atoms with Crippen LogP contribution in [0.4, 0.5) is 5.82 Å². The number of nitrogens with zero attached hydrogens (tertiary/aromatic N) is 6. The van der Waals surface area contributed by atoms with Crippen molar-refractivity contribution in [2.24, 2.45) is 0 Å². The third-order valence-electron chi connectivity index (χ3n) is 6.67. The molecule has 1 aromatic carbocycles. The Hall–Kier alpha value is -3.30. The highest BCUT2D eigenvalue weighted by Crippen LogP contribution is 2.34. The normalized spacial score (nSPS) is 18.7. The minimum Gasteiger partial charge on any atom is -0.474 e. The zero-order valence-corrected chi connectivity index (χ0v) is 18.6. The lowest BCUT2D eigenvalue weighted by molar-refractivity contribution is -0.0306. The summed E-state index contributed by atoms with van der Waals surface area (Å²) in [7, 11) is 2.07. The quantitative estimate of drug-likeness (QED) is 0.482. The second kappa shape index (κ2) is 7.64. The lowest BCUT2D eigenvalue weighted by atomic mass is 9.92. The van der Waals surface area contributed by atoms with Gasteiger partial charge < -0.3 is 20.5 Å². The molecule has 6 rings (SSSR count). The van der Waals surface area contributed by atoms with Crippen LogP contribution in [-0.2, 0) is 6.54 Å². The maximum absolute atomic E-state index is 11.2. The van der Waals surface area contributed by atoms with Gasteiger partial charge in [0.05, 0.1) is 23.0 Å². The minimum absolute atomic E-state index is 0.312. The number of piperidine rings is 1. The number of aliphatic hydroxyl groups is 1. The third-order valence-corrected chi connectivity index (χ3v) is 6.67. The van der Waals surface area contributed by atoms with E-state index in [1.807, 2.05) is 30.3 Å². The summed E-state index contributed by atoms with van der Waals surface area (Å²) in [4.78, 5) is 15.5. The van der Waals surface area contributed by atoms with Gasteiger partial charge in [-0.15, -0.1) is 0 Å². The molecule has 4 aromatic rings. The van der Waals surface area contributed by atoms with Gasteiger partial charge in [-0.3, -0.25) is 0 Å². The Labute approximate surface area is 191 Å². The highest BCUT2D eigenvalue weighted by molar-refractivity contribution is 5.99.